The van der Waals surface area contributed by atoms with Crippen LogP contribution in [0.1, 0.15) is 110 Å². The molecule has 5 aliphatic rings. The summed E-state index contributed by atoms with van der Waals surface area (Å²) in [7, 11) is 0. The summed E-state index contributed by atoms with van der Waals surface area (Å²) >= 11 is 0. The number of fused-ring (bicyclic) bond motifs is 5. The SMILES string of the molecule is CCC(=O)O[C@H]1C[C@H]2OC[C@@]2(OC(C)=O)[C@@H]2[C@]1(C)C(=O)[C@H](O)C1=C(C)[C@@H](OC(=O)[C@H](O)[C@@H](NC(=O)OC(C)(C)C)c3ccco3)C[C@]3(C[C@]23OC(=O)c2ccccc2)C1(C)C. The Labute approximate surface area is 353 Å². The molecule has 2 aromatic rings. The first-order valence-electron chi connectivity index (χ1n) is 20.6. The molecule has 16 heteroatoms. The zero-order chi connectivity index (χ0) is 44.7. The van der Waals surface area contributed by atoms with Crippen LogP contribution in [0.4, 0.5) is 4.79 Å². The molecule has 1 saturated heterocycles. The first-order valence-corrected chi connectivity index (χ1v) is 20.6. The molecule has 3 saturated carbocycles. The topological polar surface area (TPSA) is 223 Å². The predicted octanol–water partition coefficient (Wildman–Crippen LogP) is 4.84. The summed E-state index contributed by atoms with van der Waals surface area (Å²) < 4.78 is 42.2. The van der Waals surface area contributed by atoms with Gasteiger partial charge in [-0.05, 0) is 88.3 Å². The first-order chi connectivity index (χ1) is 28.5. The molecule has 1 aliphatic heterocycles. The Morgan fingerprint density at radius 3 is 2.26 bits per heavy atom. The molecule has 4 fully saturated rings. The largest absolute Gasteiger partial charge is 0.467 e. The maximum absolute atomic E-state index is 15.5. The lowest BCUT2D eigenvalue weighted by molar-refractivity contribution is -0.338. The van der Waals surface area contributed by atoms with Gasteiger partial charge in [0, 0.05) is 25.2 Å². The molecule has 2 heterocycles. The van der Waals surface area contributed by atoms with Crippen molar-refractivity contribution in [3.63, 3.8) is 0 Å². The van der Waals surface area contributed by atoms with Crippen molar-refractivity contribution in [1.82, 2.24) is 5.32 Å². The van der Waals surface area contributed by atoms with Crippen LogP contribution >= 0.6 is 0 Å². The van der Waals surface area contributed by atoms with Gasteiger partial charge in [-0.3, -0.25) is 14.4 Å². The van der Waals surface area contributed by atoms with Gasteiger partial charge in [-0.2, -0.15) is 0 Å². The van der Waals surface area contributed by atoms with Crippen molar-refractivity contribution in [3.8, 4) is 0 Å². The van der Waals surface area contributed by atoms with Crippen LogP contribution in [0.5, 0.6) is 0 Å². The minimum atomic E-state index is -2.05. The number of rotatable bonds is 10. The normalized spacial score (nSPS) is 34.3. The van der Waals surface area contributed by atoms with Crippen LogP contribution in [0, 0.1) is 22.2 Å². The van der Waals surface area contributed by atoms with Gasteiger partial charge in [-0.15, -0.1) is 0 Å². The lowest BCUT2D eigenvalue weighted by atomic mass is 9.46. The van der Waals surface area contributed by atoms with E-state index in [1.54, 1.807) is 71.9 Å². The zero-order valence-corrected chi connectivity index (χ0v) is 35.9. The van der Waals surface area contributed by atoms with Crippen LogP contribution < -0.4 is 5.32 Å². The number of ether oxygens (including phenoxy) is 6. The summed E-state index contributed by atoms with van der Waals surface area (Å²) in [5.74, 6) is -5.28. The monoisotopic (exact) mass is 849 g/mol. The van der Waals surface area contributed by atoms with Gasteiger partial charge >= 0.3 is 30.0 Å². The summed E-state index contributed by atoms with van der Waals surface area (Å²) in [4.78, 5) is 83.3. The number of alkyl carbamates (subject to hydrolysis) is 1. The molecule has 0 unspecified atom stereocenters. The molecule has 1 spiro atoms. The Hall–Kier alpha value is -5.06. The highest BCUT2D eigenvalue weighted by Crippen LogP contribution is 2.82. The molecule has 16 nitrogen and oxygen atoms in total. The van der Waals surface area contributed by atoms with Gasteiger partial charge in [0.2, 0.25) is 0 Å². The highest BCUT2D eigenvalue weighted by atomic mass is 16.6. The number of benzene rings is 1. The van der Waals surface area contributed by atoms with Crippen molar-refractivity contribution in [2.75, 3.05) is 6.61 Å². The van der Waals surface area contributed by atoms with E-state index in [9.17, 15) is 34.2 Å². The number of carbonyl (C=O) groups excluding carboxylic acids is 6. The average molecular weight is 850 g/mol. The van der Waals surface area contributed by atoms with Crippen molar-refractivity contribution in [3.05, 3.63) is 71.2 Å². The minimum Gasteiger partial charge on any atom is -0.467 e. The number of ketones is 1. The number of amides is 1. The van der Waals surface area contributed by atoms with Gasteiger partial charge in [0.25, 0.3) is 0 Å². The number of hydrogen-bond donors (Lipinski definition) is 3. The number of carbonyl (C=O) groups is 6. The minimum absolute atomic E-state index is 0.0249. The molecule has 61 heavy (non-hydrogen) atoms. The van der Waals surface area contributed by atoms with E-state index in [4.69, 9.17) is 32.8 Å². The van der Waals surface area contributed by atoms with Crippen molar-refractivity contribution < 1.29 is 71.8 Å². The smallest absolute Gasteiger partial charge is 0.408 e. The Morgan fingerprint density at radius 1 is 1.00 bits per heavy atom. The third-order valence-electron chi connectivity index (χ3n) is 13.8. The van der Waals surface area contributed by atoms with Gasteiger partial charge in [0.1, 0.15) is 47.4 Å². The summed E-state index contributed by atoms with van der Waals surface area (Å²) in [6.45, 7) is 14.4. The number of furan rings is 1. The van der Waals surface area contributed by atoms with Crippen LogP contribution in [0.15, 0.2) is 64.3 Å². The zero-order valence-electron chi connectivity index (χ0n) is 35.9. The number of aliphatic hydroxyl groups is 2. The van der Waals surface area contributed by atoms with Crippen LogP contribution in [0.25, 0.3) is 0 Å². The number of esters is 4. The van der Waals surface area contributed by atoms with E-state index in [0.29, 0.717) is 5.57 Å². The van der Waals surface area contributed by atoms with E-state index in [-0.39, 0.29) is 49.2 Å². The van der Waals surface area contributed by atoms with Crippen LogP contribution in [0.2, 0.25) is 0 Å². The summed E-state index contributed by atoms with van der Waals surface area (Å²) in [6.07, 6.45) is -7.04. The molecule has 2 bridgehead atoms. The second-order valence-electron chi connectivity index (χ2n) is 18.7. The van der Waals surface area contributed by atoms with Crippen LogP contribution in [-0.2, 0) is 47.6 Å². The quantitative estimate of drug-likeness (QED) is 0.165. The summed E-state index contributed by atoms with van der Waals surface area (Å²) in [5.41, 5.74) is -7.82. The van der Waals surface area contributed by atoms with Gasteiger partial charge in [-0.25, -0.2) is 14.4 Å². The molecule has 330 valence electrons. The van der Waals surface area contributed by atoms with Crippen LogP contribution in [0.3, 0.4) is 0 Å². The molecule has 3 N–H and O–H groups in total. The molecule has 1 amide bonds. The number of Topliss-reactive ketones (excluding diaryl/α,β-unsaturated/α-hetero) is 1. The highest BCUT2D eigenvalue weighted by Gasteiger charge is 2.90. The van der Waals surface area contributed by atoms with Gasteiger partial charge in [-0.1, -0.05) is 39.0 Å². The van der Waals surface area contributed by atoms with E-state index in [0.717, 1.165) is 0 Å². The molecule has 7 rings (SSSR count). The van der Waals surface area contributed by atoms with Gasteiger partial charge in [0.15, 0.2) is 17.5 Å². The molecule has 11 atom stereocenters. The molecular weight excluding hydrogens is 794 g/mol. The van der Waals surface area contributed by atoms with Crippen molar-refractivity contribution >= 4 is 35.8 Å². The lowest BCUT2D eigenvalue weighted by Gasteiger charge is -2.66. The van der Waals surface area contributed by atoms with E-state index in [1.807, 2.05) is 13.8 Å². The summed E-state index contributed by atoms with van der Waals surface area (Å²) in [5, 5.41) is 26.6. The third kappa shape index (κ3) is 6.85. The number of nitrogens with one attached hydrogen (secondary N) is 1. The fourth-order valence-electron chi connectivity index (χ4n) is 11.1. The predicted molar refractivity (Wildman–Crippen MR) is 211 cm³/mol. The Morgan fingerprint density at radius 2 is 1.69 bits per heavy atom. The fourth-order valence-corrected chi connectivity index (χ4v) is 11.1. The highest BCUT2D eigenvalue weighted by molar-refractivity contribution is 5.95. The maximum atomic E-state index is 15.5. The maximum Gasteiger partial charge on any atom is 0.408 e. The standard InChI is InChI=1S/C45H55NO15/c1-10-30(48)58-28-19-29-44(22-56-29,59-24(3)47)38-42(28,9)35(51)33(49)31-23(2)27(20-43(41(31,7)8)21-45(38,43)60-36(52)25-15-12-11-13-16-25)57-37(53)34(50)32(26-17-14-18-55-26)46-39(54)61-40(4,5)6/h11-18,27-29,32-34,38,49-50H,10,19-22H2,1-9H3,(H,46,54)/t27-,28-,29+,32-,33+,34+,38-,42-,43-,44-,45-/m0/s1. The van der Waals surface area contributed by atoms with Gasteiger partial charge in [0.05, 0.1) is 29.8 Å². The van der Waals surface area contributed by atoms with E-state index in [2.05, 4.69) is 5.32 Å². The Bertz CT molecular complexity index is 2140. The Balaban J connectivity index is 1.38. The average Bonchev–Trinajstić information content (AvgIpc) is 3.48. The number of aliphatic hydroxyl groups excluding tert-OH is 2. The molecular formula is C45H55NO15. The second-order valence-corrected chi connectivity index (χ2v) is 18.7. The fraction of sp³-hybridized carbons (Fsp3) is 0.600. The van der Waals surface area contributed by atoms with Crippen molar-refractivity contribution in [2.45, 2.75) is 141 Å². The van der Waals surface area contributed by atoms with E-state index >= 15 is 4.79 Å². The number of hydrogen-bond acceptors (Lipinski definition) is 15. The summed E-state index contributed by atoms with van der Waals surface area (Å²) in [6, 6.07) is 9.72. The van der Waals surface area contributed by atoms with E-state index in [1.165, 1.54) is 25.3 Å². The van der Waals surface area contributed by atoms with Crippen molar-refractivity contribution in [2.24, 2.45) is 22.2 Å². The van der Waals surface area contributed by atoms with E-state index < -0.39 is 111 Å². The molecule has 0 radical (unpaired) electrons. The first kappa shape index (κ1) is 44.0. The molecule has 1 aromatic heterocycles. The molecule has 1 aromatic carbocycles. The van der Waals surface area contributed by atoms with Crippen LogP contribution in [-0.4, -0.2) is 99.9 Å². The van der Waals surface area contributed by atoms with Crippen molar-refractivity contribution in [1.29, 1.82) is 0 Å². The lowest BCUT2D eigenvalue weighted by Crippen LogP contribution is -2.80. The third-order valence-corrected chi connectivity index (χ3v) is 13.8. The molecule has 4 aliphatic carbocycles. The van der Waals surface area contributed by atoms with Gasteiger partial charge < -0.3 is 48.4 Å². The Kier molecular flexibility index (Phi) is 10.9. The second kappa shape index (κ2) is 15.1.